The molecule has 1 fully saturated rings. The number of hydrogen-bond acceptors (Lipinski definition) is 3. The molecular formula is C13H27ClN2OS. The molecule has 1 aliphatic rings. The van der Waals surface area contributed by atoms with Crippen LogP contribution in [0.25, 0.3) is 0 Å². The van der Waals surface area contributed by atoms with Crippen LogP contribution in [0.4, 0.5) is 0 Å². The van der Waals surface area contributed by atoms with E-state index >= 15 is 0 Å². The Kier molecular flexibility index (Phi) is 9.97. The number of amides is 1. The number of hydrogen-bond donors (Lipinski definition) is 2. The molecule has 1 heterocycles. The van der Waals surface area contributed by atoms with Crippen LogP contribution in [0.5, 0.6) is 0 Å². The number of rotatable bonds is 6. The van der Waals surface area contributed by atoms with E-state index in [1.54, 1.807) is 11.8 Å². The van der Waals surface area contributed by atoms with Crippen LogP contribution in [0.2, 0.25) is 0 Å². The molecule has 3 atom stereocenters. The van der Waals surface area contributed by atoms with Crippen molar-refractivity contribution >= 4 is 30.1 Å². The molecule has 0 aromatic carbocycles. The SMILES string of the molecule is CCCCSC(C)C(=O)NC1CNCCC1C.Cl. The second kappa shape index (κ2) is 9.93. The molecule has 0 radical (unpaired) electrons. The highest BCUT2D eigenvalue weighted by molar-refractivity contribution is 8.00. The van der Waals surface area contributed by atoms with Gasteiger partial charge in [0.2, 0.25) is 5.91 Å². The smallest absolute Gasteiger partial charge is 0.233 e. The molecule has 1 saturated heterocycles. The van der Waals surface area contributed by atoms with Crippen molar-refractivity contribution in [3.8, 4) is 0 Å². The van der Waals surface area contributed by atoms with Crippen LogP contribution in [0.3, 0.4) is 0 Å². The summed E-state index contributed by atoms with van der Waals surface area (Å²) in [4.78, 5) is 12.0. The van der Waals surface area contributed by atoms with E-state index in [0.29, 0.717) is 12.0 Å². The highest BCUT2D eigenvalue weighted by Gasteiger charge is 2.24. The minimum absolute atomic E-state index is 0. The number of nitrogens with one attached hydrogen (secondary N) is 2. The third-order valence-electron chi connectivity index (χ3n) is 3.39. The fraction of sp³-hybridized carbons (Fsp3) is 0.923. The van der Waals surface area contributed by atoms with Gasteiger partial charge in [-0.15, -0.1) is 24.2 Å². The first kappa shape index (κ1) is 18.1. The van der Waals surface area contributed by atoms with E-state index in [0.717, 1.165) is 25.3 Å². The van der Waals surface area contributed by atoms with E-state index in [1.807, 2.05) is 6.92 Å². The van der Waals surface area contributed by atoms with E-state index in [-0.39, 0.29) is 23.6 Å². The van der Waals surface area contributed by atoms with Gasteiger partial charge in [0, 0.05) is 12.6 Å². The van der Waals surface area contributed by atoms with Gasteiger partial charge in [-0.1, -0.05) is 20.3 Å². The van der Waals surface area contributed by atoms with Gasteiger partial charge in [0.05, 0.1) is 5.25 Å². The summed E-state index contributed by atoms with van der Waals surface area (Å²) in [7, 11) is 0. The number of piperidine rings is 1. The third-order valence-corrected chi connectivity index (χ3v) is 4.63. The Balaban J connectivity index is 0.00000289. The molecule has 5 heteroatoms. The van der Waals surface area contributed by atoms with Crippen LogP contribution in [-0.4, -0.2) is 36.0 Å². The van der Waals surface area contributed by atoms with Crippen LogP contribution in [0.1, 0.15) is 40.0 Å². The zero-order chi connectivity index (χ0) is 12.7. The summed E-state index contributed by atoms with van der Waals surface area (Å²) in [6, 6.07) is 0.311. The normalized spacial score (nSPS) is 25.1. The summed E-state index contributed by atoms with van der Waals surface area (Å²) in [5.41, 5.74) is 0. The third kappa shape index (κ3) is 6.30. The molecule has 3 unspecified atom stereocenters. The first-order valence-corrected chi connectivity index (χ1v) is 7.82. The predicted octanol–water partition coefficient (Wildman–Crippen LogP) is 2.44. The van der Waals surface area contributed by atoms with Crippen LogP contribution in [0, 0.1) is 5.92 Å². The Hall–Kier alpha value is 0.0700. The summed E-state index contributed by atoms with van der Waals surface area (Å²) >= 11 is 1.77. The number of unbranched alkanes of at least 4 members (excludes halogenated alkanes) is 1. The van der Waals surface area contributed by atoms with E-state index in [4.69, 9.17) is 0 Å². The first-order chi connectivity index (χ1) is 8.15. The zero-order valence-corrected chi connectivity index (χ0v) is 13.3. The van der Waals surface area contributed by atoms with Gasteiger partial charge < -0.3 is 10.6 Å². The van der Waals surface area contributed by atoms with E-state index < -0.39 is 0 Å². The molecule has 2 N–H and O–H groups in total. The number of carbonyl (C=O) groups excluding carboxylic acids is 1. The van der Waals surface area contributed by atoms with Crippen molar-refractivity contribution in [2.75, 3.05) is 18.8 Å². The molecule has 0 spiro atoms. The van der Waals surface area contributed by atoms with Crippen LogP contribution in [0.15, 0.2) is 0 Å². The Morgan fingerprint density at radius 2 is 2.28 bits per heavy atom. The van der Waals surface area contributed by atoms with Gasteiger partial charge in [-0.3, -0.25) is 4.79 Å². The van der Waals surface area contributed by atoms with Gasteiger partial charge in [0.1, 0.15) is 0 Å². The molecule has 18 heavy (non-hydrogen) atoms. The topological polar surface area (TPSA) is 41.1 Å². The second-order valence-corrected chi connectivity index (χ2v) is 6.40. The molecule has 0 saturated carbocycles. The number of thioether (sulfide) groups is 1. The zero-order valence-electron chi connectivity index (χ0n) is 11.7. The van der Waals surface area contributed by atoms with Gasteiger partial charge in [0.15, 0.2) is 0 Å². The monoisotopic (exact) mass is 294 g/mol. The molecule has 0 bridgehead atoms. The quantitative estimate of drug-likeness (QED) is 0.740. The van der Waals surface area contributed by atoms with E-state index in [9.17, 15) is 4.79 Å². The first-order valence-electron chi connectivity index (χ1n) is 6.77. The largest absolute Gasteiger partial charge is 0.351 e. The second-order valence-electron chi connectivity index (χ2n) is 4.95. The standard InChI is InChI=1S/C13H26N2OS.ClH/c1-4-5-8-17-11(3)13(16)15-12-9-14-7-6-10(12)2;/h10-12,14H,4-9H2,1-3H3,(H,15,16);1H. The summed E-state index contributed by atoms with van der Waals surface area (Å²) in [5.74, 6) is 1.88. The average molecular weight is 295 g/mol. The van der Waals surface area contributed by atoms with Crippen molar-refractivity contribution in [2.45, 2.75) is 51.3 Å². The van der Waals surface area contributed by atoms with Crippen LogP contribution >= 0.6 is 24.2 Å². The maximum Gasteiger partial charge on any atom is 0.233 e. The van der Waals surface area contributed by atoms with Gasteiger partial charge in [-0.25, -0.2) is 0 Å². The molecule has 0 aromatic rings. The molecule has 0 aromatic heterocycles. The molecule has 1 amide bonds. The van der Waals surface area contributed by atoms with Crippen molar-refractivity contribution < 1.29 is 4.79 Å². The number of carbonyl (C=O) groups is 1. The summed E-state index contributed by atoms with van der Waals surface area (Å²) in [6.45, 7) is 8.41. The van der Waals surface area contributed by atoms with Crippen molar-refractivity contribution in [1.82, 2.24) is 10.6 Å². The summed E-state index contributed by atoms with van der Waals surface area (Å²) in [6.07, 6.45) is 3.55. The average Bonchev–Trinajstić information content (AvgIpc) is 2.32. The Morgan fingerprint density at radius 1 is 1.56 bits per heavy atom. The lowest BCUT2D eigenvalue weighted by atomic mass is 9.95. The lowest BCUT2D eigenvalue weighted by Gasteiger charge is -2.31. The Bertz CT molecular complexity index is 241. The van der Waals surface area contributed by atoms with Crippen molar-refractivity contribution in [1.29, 1.82) is 0 Å². The summed E-state index contributed by atoms with van der Waals surface area (Å²) < 4.78 is 0. The molecule has 108 valence electrons. The number of halogens is 1. The van der Waals surface area contributed by atoms with Gasteiger partial charge >= 0.3 is 0 Å². The minimum atomic E-state index is 0. The van der Waals surface area contributed by atoms with Gasteiger partial charge in [0.25, 0.3) is 0 Å². The maximum absolute atomic E-state index is 12.0. The lowest BCUT2D eigenvalue weighted by molar-refractivity contribution is -0.121. The highest BCUT2D eigenvalue weighted by Crippen LogP contribution is 2.15. The van der Waals surface area contributed by atoms with E-state index in [2.05, 4.69) is 24.5 Å². The Labute approximate surface area is 122 Å². The molecule has 0 aliphatic carbocycles. The molecule has 1 aliphatic heterocycles. The fourth-order valence-corrected chi connectivity index (χ4v) is 2.99. The summed E-state index contributed by atoms with van der Waals surface area (Å²) in [5, 5.41) is 6.59. The van der Waals surface area contributed by atoms with Crippen LogP contribution < -0.4 is 10.6 Å². The lowest BCUT2D eigenvalue weighted by Crippen LogP contribution is -2.51. The van der Waals surface area contributed by atoms with E-state index in [1.165, 1.54) is 12.8 Å². The maximum atomic E-state index is 12.0. The van der Waals surface area contributed by atoms with Crippen molar-refractivity contribution in [3.05, 3.63) is 0 Å². The predicted molar refractivity (Wildman–Crippen MR) is 82.7 cm³/mol. The Morgan fingerprint density at radius 3 is 2.89 bits per heavy atom. The molecule has 3 nitrogen and oxygen atoms in total. The molecular weight excluding hydrogens is 268 g/mol. The molecule has 1 rings (SSSR count). The van der Waals surface area contributed by atoms with Gasteiger partial charge in [-0.05, 0) is 38.0 Å². The fourth-order valence-electron chi connectivity index (χ4n) is 1.96. The van der Waals surface area contributed by atoms with Crippen LogP contribution in [-0.2, 0) is 4.79 Å². The van der Waals surface area contributed by atoms with Crippen molar-refractivity contribution in [3.63, 3.8) is 0 Å². The van der Waals surface area contributed by atoms with Crippen molar-refractivity contribution in [2.24, 2.45) is 5.92 Å². The minimum Gasteiger partial charge on any atom is -0.351 e. The highest BCUT2D eigenvalue weighted by atomic mass is 35.5. The van der Waals surface area contributed by atoms with Gasteiger partial charge in [-0.2, -0.15) is 0 Å².